The van der Waals surface area contributed by atoms with Crippen molar-refractivity contribution in [3.8, 4) is 11.5 Å². The van der Waals surface area contributed by atoms with Crippen LogP contribution < -0.4 is 0 Å². The van der Waals surface area contributed by atoms with Crippen molar-refractivity contribution in [1.82, 2.24) is 29.6 Å². The molecule has 0 aromatic carbocycles. The number of carbonyl (C=O) groups excluding carboxylic acids is 1. The minimum atomic E-state index is -4.99. The molecular weight excluding hydrogens is 404 g/mol. The van der Waals surface area contributed by atoms with E-state index in [0.29, 0.717) is 36.7 Å². The first-order chi connectivity index (χ1) is 14.4. The molecule has 5 heterocycles. The number of rotatable bonds is 2. The fourth-order valence-electron chi connectivity index (χ4n) is 4.21. The molecule has 5 rings (SSSR count). The molecule has 2 aliphatic rings. The van der Waals surface area contributed by atoms with Crippen LogP contribution in [0.15, 0.2) is 36.7 Å². The number of nitrogens with zero attached hydrogens (tertiary/aromatic N) is 6. The maximum atomic E-state index is 14.5. The summed E-state index contributed by atoms with van der Waals surface area (Å²) >= 11 is 0. The van der Waals surface area contributed by atoms with Crippen molar-refractivity contribution < 1.29 is 22.4 Å². The Morgan fingerprint density at radius 2 is 1.90 bits per heavy atom. The number of carbonyl (C=O) groups is 1. The molecule has 0 saturated carbocycles. The quantitative estimate of drug-likeness (QED) is 0.597. The number of hydrogen-bond donors (Lipinski definition) is 0. The molecular formula is C19H14F4N6O. The van der Waals surface area contributed by atoms with Crippen molar-refractivity contribution in [3.63, 3.8) is 0 Å². The molecule has 2 atom stereocenters. The van der Waals surface area contributed by atoms with E-state index in [1.807, 2.05) is 10.6 Å². The Morgan fingerprint density at radius 3 is 2.63 bits per heavy atom. The number of hydrogen-bond acceptors (Lipinski definition) is 5. The molecule has 154 valence electrons. The van der Waals surface area contributed by atoms with Crippen LogP contribution >= 0.6 is 0 Å². The predicted octanol–water partition coefficient (Wildman–Crippen LogP) is 3.25. The zero-order valence-electron chi connectivity index (χ0n) is 15.3. The van der Waals surface area contributed by atoms with Gasteiger partial charge in [-0.05, 0) is 31.0 Å². The number of amides is 1. The van der Waals surface area contributed by atoms with Gasteiger partial charge in [-0.3, -0.25) is 9.78 Å². The predicted molar refractivity (Wildman–Crippen MR) is 94.4 cm³/mol. The molecule has 0 radical (unpaired) electrons. The Bertz CT molecular complexity index is 1130. The van der Waals surface area contributed by atoms with Crippen LogP contribution in [0.5, 0.6) is 0 Å². The summed E-state index contributed by atoms with van der Waals surface area (Å²) in [6, 6.07) is 5.56. The van der Waals surface area contributed by atoms with Gasteiger partial charge in [-0.1, -0.05) is 6.07 Å². The lowest BCUT2D eigenvalue weighted by Gasteiger charge is -2.35. The van der Waals surface area contributed by atoms with Crippen LogP contribution in [0, 0.1) is 5.82 Å². The fraction of sp³-hybridized carbons (Fsp3) is 0.316. The van der Waals surface area contributed by atoms with Crippen LogP contribution in [0.3, 0.4) is 0 Å². The lowest BCUT2D eigenvalue weighted by Crippen LogP contribution is -2.44. The highest BCUT2D eigenvalue weighted by Gasteiger charge is 2.47. The largest absolute Gasteiger partial charge is 0.436 e. The van der Waals surface area contributed by atoms with Gasteiger partial charge in [0, 0.05) is 18.9 Å². The molecule has 0 N–H and O–H groups in total. The van der Waals surface area contributed by atoms with Gasteiger partial charge in [0.25, 0.3) is 5.91 Å². The summed E-state index contributed by atoms with van der Waals surface area (Å²) in [7, 11) is 0. The maximum Gasteiger partial charge on any atom is 0.436 e. The summed E-state index contributed by atoms with van der Waals surface area (Å²) in [5.41, 5.74) is -1.71. The third-order valence-electron chi connectivity index (χ3n) is 5.49. The van der Waals surface area contributed by atoms with Gasteiger partial charge >= 0.3 is 6.18 Å². The van der Waals surface area contributed by atoms with Gasteiger partial charge in [0.05, 0.1) is 17.6 Å². The molecule has 3 aromatic rings. The summed E-state index contributed by atoms with van der Waals surface area (Å²) in [5, 5.41) is 8.41. The smallest absolute Gasteiger partial charge is 0.324 e. The Labute approximate surface area is 167 Å². The molecule has 0 spiro atoms. The van der Waals surface area contributed by atoms with Gasteiger partial charge < -0.3 is 9.47 Å². The molecule has 1 saturated heterocycles. The van der Waals surface area contributed by atoms with Crippen molar-refractivity contribution in [1.29, 1.82) is 0 Å². The van der Waals surface area contributed by atoms with E-state index in [1.165, 1.54) is 4.90 Å². The van der Waals surface area contributed by atoms with E-state index in [1.54, 1.807) is 18.3 Å². The summed E-state index contributed by atoms with van der Waals surface area (Å²) in [6.45, 7) is 0.356. The highest BCUT2D eigenvalue weighted by Crippen LogP contribution is 2.43. The lowest BCUT2D eigenvalue weighted by atomic mass is 10.1. The molecule has 1 amide bonds. The Hall–Kier alpha value is -3.37. The van der Waals surface area contributed by atoms with Crippen molar-refractivity contribution in [2.75, 3.05) is 0 Å². The SMILES string of the molecule is O=C(c1ccnc(C(F)(F)F)c1F)N1C2CCC1c1nnc(-c3ccccn3)n1C2. The number of pyridine rings is 2. The monoisotopic (exact) mass is 418 g/mol. The standard InChI is InChI=1S/C19H14F4N6O/c20-14-11(6-8-25-15(14)19(21,22)23)18(30)29-10-4-5-13(29)17-27-26-16(28(17)9-10)12-3-1-2-7-24-12/h1-3,6-8,10,13H,4-5,9H2. The zero-order chi connectivity index (χ0) is 21.0. The van der Waals surface area contributed by atoms with E-state index in [-0.39, 0.29) is 6.04 Å². The van der Waals surface area contributed by atoms with Gasteiger partial charge in [-0.15, -0.1) is 10.2 Å². The summed E-state index contributed by atoms with van der Waals surface area (Å²) in [5.74, 6) is -1.38. The van der Waals surface area contributed by atoms with Crippen LogP contribution in [-0.4, -0.2) is 41.6 Å². The highest BCUT2D eigenvalue weighted by atomic mass is 19.4. The number of fused-ring (bicyclic) bond motifs is 4. The second-order valence-electron chi connectivity index (χ2n) is 7.19. The van der Waals surface area contributed by atoms with Gasteiger partial charge in [-0.25, -0.2) is 9.37 Å². The highest BCUT2D eigenvalue weighted by molar-refractivity contribution is 5.95. The van der Waals surface area contributed by atoms with E-state index >= 15 is 0 Å². The van der Waals surface area contributed by atoms with Gasteiger partial charge in [-0.2, -0.15) is 13.2 Å². The second-order valence-corrected chi connectivity index (χ2v) is 7.19. The Balaban J connectivity index is 1.52. The van der Waals surface area contributed by atoms with E-state index < -0.39 is 35.2 Å². The molecule has 11 heteroatoms. The lowest BCUT2D eigenvalue weighted by molar-refractivity contribution is -0.143. The van der Waals surface area contributed by atoms with E-state index in [9.17, 15) is 22.4 Å². The van der Waals surface area contributed by atoms with E-state index in [2.05, 4.69) is 20.2 Å². The van der Waals surface area contributed by atoms with E-state index in [4.69, 9.17) is 0 Å². The zero-order valence-corrected chi connectivity index (χ0v) is 15.3. The molecule has 30 heavy (non-hydrogen) atoms. The first-order valence-corrected chi connectivity index (χ1v) is 9.25. The van der Waals surface area contributed by atoms with Gasteiger partial charge in [0.1, 0.15) is 5.69 Å². The van der Waals surface area contributed by atoms with Crippen LogP contribution in [-0.2, 0) is 12.7 Å². The number of aromatic nitrogens is 5. The average molecular weight is 418 g/mol. The van der Waals surface area contributed by atoms with Gasteiger partial charge in [0.15, 0.2) is 23.2 Å². The average Bonchev–Trinajstić information content (AvgIpc) is 3.28. The molecule has 1 fully saturated rings. The van der Waals surface area contributed by atoms with Crippen LogP contribution in [0.1, 0.15) is 40.8 Å². The Kier molecular flexibility index (Phi) is 4.09. The molecule has 0 aliphatic carbocycles. The third kappa shape index (κ3) is 2.76. The van der Waals surface area contributed by atoms with Crippen LogP contribution in [0.2, 0.25) is 0 Å². The summed E-state index contributed by atoms with van der Waals surface area (Å²) in [4.78, 5) is 21.8. The van der Waals surface area contributed by atoms with Gasteiger partial charge in [0.2, 0.25) is 0 Å². The van der Waals surface area contributed by atoms with Crippen molar-refractivity contribution in [2.45, 2.75) is 37.6 Å². The molecule has 7 nitrogen and oxygen atoms in total. The van der Waals surface area contributed by atoms with E-state index in [0.717, 1.165) is 12.3 Å². The van der Waals surface area contributed by atoms with Crippen molar-refractivity contribution >= 4 is 5.91 Å². The van der Waals surface area contributed by atoms with Crippen molar-refractivity contribution in [2.24, 2.45) is 0 Å². The minimum absolute atomic E-state index is 0.310. The number of alkyl halides is 3. The maximum absolute atomic E-state index is 14.5. The van der Waals surface area contributed by atoms with Crippen LogP contribution in [0.25, 0.3) is 11.5 Å². The first-order valence-electron chi connectivity index (χ1n) is 9.25. The topological polar surface area (TPSA) is 76.8 Å². The summed E-state index contributed by atoms with van der Waals surface area (Å²) < 4.78 is 55.4. The Morgan fingerprint density at radius 1 is 1.07 bits per heavy atom. The van der Waals surface area contributed by atoms with Crippen LogP contribution in [0.4, 0.5) is 17.6 Å². The molecule has 2 bridgehead atoms. The van der Waals surface area contributed by atoms with Crippen molar-refractivity contribution in [3.05, 3.63) is 59.6 Å². The first kappa shape index (κ1) is 18.6. The molecule has 3 aromatic heterocycles. The fourth-order valence-corrected chi connectivity index (χ4v) is 4.21. The molecule has 2 unspecified atom stereocenters. The minimum Gasteiger partial charge on any atom is -0.324 e. The molecule has 2 aliphatic heterocycles. The number of halogens is 4. The third-order valence-corrected chi connectivity index (χ3v) is 5.49. The summed E-state index contributed by atoms with van der Waals surface area (Å²) in [6.07, 6.45) is -1.36. The second kappa shape index (κ2) is 6.57. The normalized spacial score (nSPS) is 20.3.